The Labute approximate surface area is 125 Å². The van der Waals surface area contributed by atoms with Crippen LogP contribution >= 0.6 is 0 Å². The van der Waals surface area contributed by atoms with Crippen molar-refractivity contribution >= 4 is 16.8 Å². The molecule has 0 saturated carbocycles. The zero-order valence-electron chi connectivity index (χ0n) is 12.6. The molecule has 4 rings (SSSR count). The Morgan fingerprint density at radius 3 is 2.57 bits per heavy atom. The number of aryl methyl sites for hydroxylation is 1. The molecular weight excluding hydrogens is 260 g/mol. The van der Waals surface area contributed by atoms with Crippen LogP contribution in [-0.4, -0.2) is 38.5 Å². The first-order valence-electron chi connectivity index (χ1n) is 7.98. The molecule has 0 radical (unpaired) electrons. The minimum Gasteiger partial charge on any atom is -0.308 e. The second-order valence-electron chi connectivity index (χ2n) is 6.09. The third-order valence-corrected chi connectivity index (χ3v) is 4.57. The maximum Gasteiger partial charge on any atom is 0.215 e. The third kappa shape index (κ3) is 2.23. The standard InChI is InChI=1S/C17H22N4/c1-14-13-21-16-8-4-3-7-15(16)20(17(21)18-14)12-11-19-9-5-2-6-10-19/h3-4,7-8,13H,2,5-6,9-12H2,1H3. The highest BCUT2D eigenvalue weighted by atomic mass is 15.2. The molecule has 3 heterocycles. The lowest BCUT2D eigenvalue weighted by Crippen LogP contribution is -2.32. The van der Waals surface area contributed by atoms with Gasteiger partial charge in [0.25, 0.3) is 0 Å². The molecule has 21 heavy (non-hydrogen) atoms. The molecule has 4 nitrogen and oxygen atoms in total. The molecule has 3 aromatic rings. The van der Waals surface area contributed by atoms with E-state index in [1.165, 1.54) is 43.4 Å². The highest BCUT2D eigenvalue weighted by Gasteiger charge is 2.14. The third-order valence-electron chi connectivity index (χ3n) is 4.57. The summed E-state index contributed by atoms with van der Waals surface area (Å²) >= 11 is 0. The summed E-state index contributed by atoms with van der Waals surface area (Å²) < 4.78 is 4.60. The fourth-order valence-electron chi connectivity index (χ4n) is 3.50. The number of hydrogen-bond acceptors (Lipinski definition) is 2. The van der Waals surface area contributed by atoms with E-state index < -0.39 is 0 Å². The van der Waals surface area contributed by atoms with Crippen molar-refractivity contribution in [3.8, 4) is 0 Å². The molecule has 1 aromatic carbocycles. The summed E-state index contributed by atoms with van der Waals surface area (Å²) in [5.41, 5.74) is 3.63. The fraction of sp³-hybridized carbons (Fsp3) is 0.471. The SMILES string of the molecule is Cc1cn2c3ccccc3n(CCN3CCCCC3)c2n1. The average Bonchev–Trinajstić information content (AvgIpc) is 3.02. The Balaban J connectivity index is 1.71. The molecule has 1 aliphatic heterocycles. The lowest BCUT2D eigenvalue weighted by molar-refractivity contribution is 0.222. The molecular formula is C17H22N4. The van der Waals surface area contributed by atoms with Crippen LogP contribution < -0.4 is 0 Å². The van der Waals surface area contributed by atoms with Crippen molar-refractivity contribution in [2.45, 2.75) is 32.7 Å². The van der Waals surface area contributed by atoms with Gasteiger partial charge in [-0.05, 0) is 45.0 Å². The van der Waals surface area contributed by atoms with Crippen LogP contribution in [0.2, 0.25) is 0 Å². The van der Waals surface area contributed by atoms with E-state index in [1.807, 2.05) is 0 Å². The Morgan fingerprint density at radius 2 is 1.76 bits per heavy atom. The maximum absolute atomic E-state index is 4.72. The highest BCUT2D eigenvalue weighted by Crippen LogP contribution is 2.21. The Hall–Kier alpha value is -1.81. The zero-order chi connectivity index (χ0) is 14.2. The van der Waals surface area contributed by atoms with Crippen molar-refractivity contribution in [3.63, 3.8) is 0 Å². The maximum atomic E-state index is 4.72. The van der Waals surface area contributed by atoms with Crippen LogP contribution in [0.4, 0.5) is 0 Å². The van der Waals surface area contributed by atoms with Gasteiger partial charge in [-0.3, -0.25) is 4.40 Å². The molecule has 4 heteroatoms. The average molecular weight is 282 g/mol. The Bertz CT molecular complexity index is 762. The van der Waals surface area contributed by atoms with Gasteiger partial charge in [-0.1, -0.05) is 18.6 Å². The van der Waals surface area contributed by atoms with Crippen LogP contribution in [0, 0.1) is 6.92 Å². The van der Waals surface area contributed by atoms with Crippen molar-refractivity contribution < 1.29 is 0 Å². The molecule has 1 saturated heterocycles. The number of fused-ring (bicyclic) bond motifs is 3. The Morgan fingerprint density at radius 1 is 1.00 bits per heavy atom. The van der Waals surface area contributed by atoms with Crippen LogP contribution in [0.25, 0.3) is 16.8 Å². The van der Waals surface area contributed by atoms with E-state index >= 15 is 0 Å². The summed E-state index contributed by atoms with van der Waals surface area (Å²) in [4.78, 5) is 7.31. The predicted octanol–water partition coefficient (Wildman–Crippen LogP) is 3.08. The number of nitrogens with zero attached hydrogens (tertiary/aromatic N) is 4. The highest BCUT2D eigenvalue weighted by molar-refractivity contribution is 5.80. The summed E-state index contributed by atoms with van der Waals surface area (Å²) in [7, 11) is 0. The summed E-state index contributed by atoms with van der Waals surface area (Å²) in [6.45, 7) is 6.72. The molecule has 0 unspecified atom stereocenters. The first-order chi connectivity index (χ1) is 10.3. The van der Waals surface area contributed by atoms with Crippen LogP contribution in [0.5, 0.6) is 0 Å². The number of rotatable bonds is 3. The van der Waals surface area contributed by atoms with Gasteiger partial charge < -0.3 is 9.47 Å². The normalized spacial score (nSPS) is 17.0. The van der Waals surface area contributed by atoms with E-state index in [2.05, 4.69) is 51.3 Å². The van der Waals surface area contributed by atoms with Gasteiger partial charge in [0.15, 0.2) is 0 Å². The van der Waals surface area contributed by atoms with E-state index in [1.54, 1.807) is 0 Å². The van der Waals surface area contributed by atoms with Gasteiger partial charge in [0.2, 0.25) is 5.78 Å². The van der Waals surface area contributed by atoms with Crippen LogP contribution in [-0.2, 0) is 6.54 Å². The Kier molecular flexibility index (Phi) is 3.19. The van der Waals surface area contributed by atoms with Gasteiger partial charge >= 0.3 is 0 Å². The van der Waals surface area contributed by atoms with Crippen molar-refractivity contribution in [3.05, 3.63) is 36.2 Å². The van der Waals surface area contributed by atoms with E-state index in [0.29, 0.717) is 0 Å². The number of imidazole rings is 2. The summed E-state index contributed by atoms with van der Waals surface area (Å²) in [5, 5.41) is 0. The number of hydrogen-bond donors (Lipinski definition) is 0. The smallest absolute Gasteiger partial charge is 0.215 e. The zero-order valence-corrected chi connectivity index (χ0v) is 12.6. The first-order valence-corrected chi connectivity index (χ1v) is 7.98. The quantitative estimate of drug-likeness (QED) is 0.737. The van der Waals surface area contributed by atoms with Gasteiger partial charge in [0, 0.05) is 19.3 Å². The van der Waals surface area contributed by atoms with Gasteiger partial charge in [-0.25, -0.2) is 4.98 Å². The van der Waals surface area contributed by atoms with E-state index in [-0.39, 0.29) is 0 Å². The molecule has 0 N–H and O–H groups in total. The van der Waals surface area contributed by atoms with Crippen molar-refractivity contribution in [1.29, 1.82) is 0 Å². The molecule has 0 amide bonds. The predicted molar refractivity (Wildman–Crippen MR) is 85.7 cm³/mol. The minimum absolute atomic E-state index is 1.02. The molecule has 0 spiro atoms. The second kappa shape index (κ2) is 5.19. The van der Waals surface area contributed by atoms with Crippen molar-refractivity contribution in [2.24, 2.45) is 0 Å². The monoisotopic (exact) mass is 282 g/mol. The van der Waals surface area contributed by atoms with Crippen LogP contribution in [0.15, 0.2) is 30.5 Å². The number of piperidine rings is 1. The van der Waals surface area contributed by atoms with E-state index in [9.17, 15) is 0 Å². The summed E-state index contributed by atoms with van der Waals surface area (Å²) in [6.07, 6.45) is 6.23. The second-order valence-corrected chi connectivity index (χ2v) is 6.09. The number of likely N-dealkylation sites (tertiary alicyclic amines) is 1. The minimum atomic E-state index is 1.02. The lowest BCUT2D eigenvalue weighted by atomic mass is 10.1. The number of para-hydroxylation sites is 2. The lowest BCUT2D eigenvalue weighted by Gasteiger charge is -2.26. The van der Waals surface area contributed by atoms with Gasteiger partial charge in [0.05, 0.1) is 16.7 Å². The van der Waals surface area contributed by atoms with Gasteiger partial charge in [-0.2, -0.15) is 0 Å². The van der Waals surface area contributed by atoms with Crippen molar-refractivity contribution in [2.75, 3.05) is 19.6 Å². The van der Waals surface area contributed by atoms with Crippen LogP contribution in [0.1, 0.15) is 25.0 Å². The number of benzene rings is 1. The molecule has 1 fully saturated rings. The topological polar surface area (TPSA) is 25.5 Å². The molecule has 110 valence electrons. The molecule has 0 atom stereocenters. The molecule has 2 aromatic heterocycles. The van der Waals surface area contributed by atoms with Gasteiger partial charge in [-0.15, -0.1) is 0 Å². The van der Waals surface area contributed by atoms with Crippen LogP contribution in [0.3, 0.4) is 0 Å². The van der Waals surface area contributed by atoms with Gasteiger partial charge in [0.1, 0.15) is 0 Å². The first kappa shape index (κ1) is 12.9. The van der Waals surface area contributed by atoms with E-state index in [4.69, 9.17) is 4.98 Å². The largest absolute Gasteiger partial charge is 0.308 e. The fourth-order valence-corrected chi connectivity index (χ4v) is 3.50. The van der Waals surface area contributed by atoms with Crippen molar-refractivity contribution in [1.82, 2.24) is 18.9 Å². The van der Waals surface area contributed by atoms with E-state index in [0.717, 1.165) is 24.6 Å². The summed E-state index contributed by atoms with van der Waals surface area (Å²) in [5.74, 6) is 1.07. The molecule has 1 aliphatic rings. The number of aromatic nitrogens is 3. The molecule has 0 aliphatic carbocycles. The summed E-state index contributed by atoms with van der Waals surface area (Å²) in [6, 6.07) is 8.61. The molecule has 0 bridgehead atoms.